The van der Waals surface area contributed by atoms with Gasteiger partial charge in [0.2, 0.25) is 0 Å². The summed E-state index contributed by atoms with van der Waals surface area (Å²) < 4.78 is 43.9. The standard InChI is InChI=1S/C12H13F3N2O2/c13-9-2-1-8(7-10(9)19-11(16)18)17-5-3-12(14,15)4-6-17/h1-2,7H,3-6H2,(H2,16,18). The van der Waals surface area contributed by atoms with Crippen LogP contribution >= 0.6 is 0 Å². The van der Waals surface area contributed by atoms with Crippen LogP contribution in [-0.2, 0) is 0 Å². The molecule has 0 aromatic heterocycles. The second-order valence-electron chi connectivity index (χ2n) is 4.38. The molecule has 4 nitrogen and oxygen atoms in total. The zero-order valence-corrected chi connectivity index (χ0v) is 10.0. The van der Waals surface area contributed by atoms with Crippen molar-refractivity contribution < 1.29 is 22.7 Å². The third-order valence-corrected chi connectivity index (χ3v) is 2.99. The average molecular weight is 274 g/mol. The Balaban J connectivity index is 2.15. The number of halogens is 3. The Bertz CT molecular complexity index is 484. The number of alkyl halides is 2. The van der Waals surface area contributed by atoms with Crippen LogP contribution in [0.5, 0.6) is 5.75 Å². The molecule has 0 saturated carbocycles. The highest BCUT2D eigenvalue weighted by Crippen LogP contribution is 2.32. The van der Waals surface area contributed by atoms with Gasteiger partial charge in [0.05, 0.1) is 0 Å². The van der Waals surface area contributed by atoms with Crippen molar-refractivity contribution in [2.24, 2.45) is 5.73 Å². The molecule has 1 aliphatic rings. The number of benzene rings is 1. The molecule has 104 valence electrons. The van der Waals surface area contributed by atoms with Gasteiger partial charge in [0.15, 0.2) is 11.6 Å². The Morgan fingerprint density at radius 3 is 2.53 bits per heavy atom. The summed E-state index contributed by atoms with van der Waals surface area (Å²) in [5, 5.41) is 0. The number of rotatable bonds is 2. The van der Waals surface area contributed by atoms with Gasteiger partial charge < -0.3 is 15.4 Å². The minimum Gasteiger partial charge on any atom is -0.407 e. The van der Waals surface area contributed by atoms with Crippen LogP contribution < -0.4 is 15.4 Å². The lowest BCUT2D eigenvalue weighted by atomic mass is 10.1. The number of carbonyl (C=O) groups excluding carboxylic acids is 1. The fourth-order valence-electron chi connectivity index (χ4n) is 1.97. The monoisotopic (exact) mass is 274 g/mol. The van der Waals surface area contributed by atoms with Crippen LogP contribution in [0.25, 0.3) is 0 Å². The highest BCUT2D eigenvalue weighted by atomic mass is 19.3. The number of ether oxygens (including phenoxy) is 1. The SMILES string of the molecule is NC(=O)Oc1cc(N2CCC(F)(F)CC2)ccc1F. The summed E-state index contributed by atoms with van der Waals surface area (Å²) in [7, 11) is 0. The largest absolute Gasteiger partial charge is 0.410 e. The Hall–Kier alpha value is -1.92. The molecule has 1 fully saturated rings. The molecule has 1 heterocycles. The molecule has 0 bridgehead atoms. The van der Waals surface area contributed by atoms with Crippen LogP contribution in [0.2, 0.25) is 0 Å². The first kappa shape index (κ1) is 13.5. The fourth-order valence-corrected chi connectivity index (χ4v) is 1.97. The highest BCUT2D eigenvalue weighted by Gasteiger charge is 2.34. The summed E-state index contributed by atoms with van der Waals surface area (Å²) in [6.07, 6.45) is -1.63. The average Bonchev–Trinajstić information content (AvgIpc) is 2.32. The van der Waals surface area contributed by atoms with Gasteiger partial charge in [0.1, 0.15) is 0 Å². The number of anilines is 1. The van der Waals surface area contributed by atoms with E-state index in [9.17, 15) is 18.0 Å². The molecule has 2 rings (SSSR count). The first-order chi connectivity index (χ1) is 8.87. The van der Waals surface area contributed by atoms with Gasteiger partial charge in [0.25, 0.3) is 5.92 Å². The van der Waals surface area contributed by atoms with E-state index in [0.29, 0.717) is 5.69 Å². The summed E-state index contributed by atoms with van der Waals surface area (Å²) in [6, 6.07) is 3.84. The minimum atomic E-state index is -2.65. The summed E-state index contributed by atoms with van der Waals surface area (Å²) in [5.74, 6) is -3.68. The smallest absolute Gasteiger partial charge is 0.407 e. The molecular weight excluding hydrogens is 261 g/mol. The van der Waals surface area contributed by atoms with E-state index in [4.69, 9.17) is 5.73 Å². The second kappa shape index (κ2) is 4.99. The highest BCUT2D eigenvalue weighted by molar-refractivity contribution is 5.69. The van der Waals surface area contributed by atoms with Crippen molar-refractivity contribution in [1.82, 2.24) is 0 Å². The predicted molar refractivity (Wildman–Crippen MR) is 63.0 cm³/mol. The zero-order chi connectivity index (χ0) is 14.0. The lowest BCUT2D eigenvalue weighted by Crippen LogP contribution is -2.39. The van der Waals surface area contributed by atoms with Gasteiger partial charge >= 0.3 is 6.09 Å². The van der Waals surface area contributed by atoms with E-state index in [2.05, 4.69) is 4.74 Å². The van der Waals surface area contributed by atoms with Crippen molar-refractivity contribution in [1.29, 1.82) is 0 Å². The number of hydrogen-bond donors (Lipinski definition) is 1. The lowest BCUT2D eigenvalue weighted by molar-refractivity contribution is -0.0220. The molecule has 0 spiro atoms. The van der Waals surface area contributed by atoms with Gasteiger partial charge in [0, 0.05) is 37.7 Å². The third kappa shape index (κ3) is 3.30. The molecule has 19 heavy (non-hydrogen) atoms. The minimum absolute atomic E-state index is 0.161. The van der Waals surface area contributed by atoms with Crippen molar-refractivity contribution >= 4 is 11.8 Å². The molecule has 1 aliphatic heterocycles. The van der Waals surface area contributed by atoms with Gasteiger partial charge in [-0.3, -0.25) is 0 Å². The molecule has 2 N–H and O–H groups in total. The molecule has 0 atom stereocenters. The van der Waals surface area contributed by atoms with Crippen LogP contribution in [0.1, 0.15) is 12.8 Å². The van der Waals surface area contributed by atoms with Crippen molar-refractivity contribution in [3.8, 4) is 5.75 Å². The molecule has 0 unspecified atom stereocenters. The van der Waals surface area contributed by atoms with Crippen LogP contribution in [0.15, 0.2) is 18.2 Å². The number of piperidine rings is 1. The van der Waals surface area contributed by atoms with E-state index in [1.807, 2.05) is 0 Å². The van der Waals surface area contributed by atoms with Gasteiger partial charge in [-0.05, 0) is 12.1 Å². The topological polar surface area (TPSA) is 55.6 Å². The number of nitrogens with zero attached hydrogens (tertiary/aromatic N) is 1. The first-order valence-corrected chi connectivity index (χ1v) is 5.77. The number of carbonyl (C=O) groups is 1. The molecule has 1 aromatic carbocycles. The normalized spacial score (nSPS) is 18.2. The molecule has 1 amide bonds. The maximum absolute atomic E-state index is 13.3. The molecule has 7 heteroatoms. The summed E-state index contributed by atoms with van der Waals surface area (Å²) in [6.45, 7) is 0.323. The quantitative estimate of drug-likeness (QED) is 0.901. The number of hydrogen-bond acceptors (Lipinski definition) is 3. The summed E-state index contributed by atoms with van der Waals surface area (Å²) >= 11 is 0. The number of nitrogens with two attached hydrogens (primary N) is 1. The van der Waals surface area contributed by atoms with E-state index < -0.39 is 17.8 Å². The van der Waals surface area contributed by atoms with E-state index in [1.54, 1.807) is 4.90 Å². The first-order valence-electron chi connectivity index (χ1n) is 5.77. The Morgan fingerprint density at radius 2 is 1.95 bits per heavy atom. The lowest BCUT2D eigenvalue weighted by Gasteiger charge is -2.33. The summed E-state index contributed by atoms with van der Waals surface area (Å²) in [5.41, 5.74) is 5.34. The van der Waals surface area contributed by atoms with E-state index in [-0.39, 0.29) is 31.7 Å². The van der Waals surface area contributed by atoms with E-state index in [1.165, 1.54) is 12.1 Å². The third-order valence-electron chi connectivity index (χ3n) is 2.99. The van der Waals surface area contributed by atoms with Crippen LogP contribution in [-0.4, -0.2) is 25.1 Å². The molecule has 1 aromatic rings. The van der Waals surface area contributed by atoms with Crippen molar-refractivity contribution in [3.63, 3.8) is 0 Å². The van der Waals surface area contributed by atoms with Gasteiger partial charge in [-0.2, -0.15) is 0 Å². The van der Waals surface area contributed by atoms with Crippen LogP contribution in [0.3, 0.4) is 0 Å². The molecular formula is C12H13F3N2O2. The van der Waals surface area contributed by atoms with Gasteiger partial charge in [-0.25, -0.2) is 18.0 Å². The van der Waals surface area contributed by atoms with Crippen molar-refractivity contribution in [2.75, 3.05) is 18.0 Å². The Kier molecular flexibility index (Phi) is 3.55. The van der Waals surface area contributed by atoms with Crippen LogP contribution in [0.4, 0.5) is 23.7 Å². The zero-order valence-electron chi connectivity index (χ0n) is 10.0. The van der Waals surface area contributed by atoms with Crippen molar-refractivity contribution in [2.45, 2.75) is 18.8 Å². The predicted octanol–water partition coefficient (Wildman–Crippen LogP) is 2.52. The van der Waals surface area contributed by atoms with Gasteiger partial charge in [-0.1, -0.05) is 0 Å². The fraction of sp³-hybridized carbons (Fsp3) is 0.417. The molecule has 1 saturated heterocycles. The Morgan fingerprint density at radius 1 is 1.32 bits per heavy atom. The van der Waals surface area contributed by atoms with Crippen molar-refractivity contribution in [3.05, 3.63) is 24.0 Å². The maximum atomic E-state index is 13.3. The van der Waals surface area contributed by atoms with Crippen LogP contribution in [0, 0.1) is 5.82 Å². The molecule has 0 aliphatic carbocycles. The van der Waals surface area contributed by atoms with E-state index in [0.717, 1.165) is 6.07 Å². The Labute approximate surface area is 107 Å². The number of amides is 1. The second-order valence-corrected chi connectivity index (χ2v) is 4.38. The summed E-state index contributed by atoms with van der Waals surface area (Å²) in [4.78, 5) is 12.3. The number of primary amides is 1. The van der Waals surface area contributed by atoms with E-state index >= 15 is 0 Å². The molecule has 0 radical (unpaired) electrons. The maximum Gasteiger partial charge on any atom is 0.410 e. The van der Waals surface area contributed by atoms with Gasteiger partial charge in [-0.15, -0.1) is 0 Å².